The summed E-state index contributed by atoms with van der Waals surface area (Å²) in [6, 6.07) is 3.25. The van der Waals surface area contributed by atoms with E-state index in [1.807, 2.05) is 23.2 Å². The second-order valence-corrected chi connectivity index (χ2v) is 10.4. The second-order valence-electron chi connectivity index (χ2n) is 10.4. The van der Waals surface area contributed by atoms with Crippen molar-refractivity contribution in [3.8, 4) is 5.88 Å². The Morgan fingerprint density at radius 2 is 1.88 bits per heavy atom. The molecule has 1 spiro atoms. The Morgan fingerprint density at radius 1 is 1.15 bits per heavy atom. The first-order chi connectivity index (χ1) is 16.4. The second kappa shape index (κ2) is 10.6. The summed E-state index contributed by atoms with van der Waals surface area (Å²) in [5.41, 5.74) is -0.528. The van der Waals surface area contributed by atoms with E-state index in [2.05, 4.69) is 22.1 Å². The van der Waals surface area contributed by atoms with Gasteiger partial charge in [0.2, 0.25) is 17.7 Å². The smallest absolute Gasteiger partial charge is 0.246 e. The molecule has 2 amide bonds. The fourth-order valence-corrected chi connectivity index (χ4v) is 5.91. The van der Waals surface area contributed by atoms with Gasteiger partial charge in [-0.2, -0.15) is 0 Å². The summed E-state index contributed by atoms with van der Waals surface area (Å²) in [6.45, 7) is 4.94. The minimum absolute atomic E-state index is 0.0140. The maximum absolute atomic E-state index is 13.7. The van der Waals surface area contributed by atoms with Gasteiger partial charge in [-0.15, -0.1) is 0 Å². The molecule has 188 valence electrons. The molecule has 34 heavy (non-hydrogen) atoms. The lowest BCUT2D eigenvalue weighted by molar-refractivity contribution is -0.163. The zero-order valence-electron chi connectivity index (χ0n) is 20.7. The van der Waals surface area contributed by atoms with Crippen molar-refractivity contribution in [1.82, 2.24) is 20.1 Å². The molecule has 0 radical (unpaired) electrons. The molecule has 1 aromatic rings. The maximum Gasteiger partial charge on any atom is 0.246 e. The number of hydrogen-bond donors (Lipinski definition) is 2. The summed E-state index contributed by atoms with van der Waals surface area (Å²) in [5, 5.41) is 14.1. The quantitative estimate of drug-likeness (QED) is 0.604. The molecule has 1 saturated carbocycles. The number of hydrogen-bond acceptors (Lipinski definition) is 6. The van der Waals surface area contributed by atoms with Gasteiger partial charge in [0, 0.05) is 44.9 Å². The molecule has 4 rings (SSSR count). The van der Waals surface area contributed by atoms with E-state index in [9.17, 15) is 14.7 Å². The van der Waals surface area contributed by atoms with Crippen molar-refractivity contribution in [2.75, 3.05) is 26.7 Å². The number of carbonyl (C=O) groups is 2. The Bertz CT molecular complexity index is 845. The van der Waals surface area contributed by atoms with E-state index in [0.29, 0.717) is 44.5 Å². The monoisotopic (exact) mass is 472 g/mol. The predicted octanol–water partition coefficient (Wildman–Crippen LogP) is 2.64. The number of piperidine rings is 1. The number of nitrogens with zero attached hydrogens (tertiary/aromatic N) is 3. The molecular weight excluding hydrogens is 432 g/mol. The van der Waals surface area contributed by atoms with E-state index >= 15 is 0 Å². The van der Waals surface area contributed by atoms with Crippen LogP contribution in [0.2, 0.25) is 0 Å². The number of ether oxygens (including phenoxy) is 1. The minimum atomic E-state index is -0.845. The number of carbonyl (C=O) groups excluding carboxylic acids is 2. The van der Waals surface area contributed by atoms with Crippen LogP contribution < -0.4 is 10.1 Å². The average molecular weight is 473 g/mol. The molecule has 1 atom stereocenters. The number of aliphatic hydroxyl groups is 1. The highest BCUT2D eigenvalue weighted by Crippen LogP contribution is 2.37. The van der Waals surface area contributed by atoms with Crippen molar-refractivity contribution in [2.45, 2.75) is 94.9 Å². The number of piperazine rings is 1. The van der Waals surface area contributed by atoms with Crippen molar-refractivity contribution in [3.63, 3.8) is 0 Å². The normalized spacial score (nSPS) is 24.8. The maximum atomic E-state index is 13.7. The zero-order chi connectivity index (χ0) is 24.2. The summed E-state index contributed by atoms with van der Waals surface area (Å²) in [6.07, 6.45) is 9.74. The predicted molar refractivity (Wildman–Crippen MR) is 129 cm³/mol. The molecule has 0 aromatic carbocycles. The third-order valence-electron chi connectivity index (χ3n) is 8.01. The van der Waals surface area contributed by atoms with Gasteiger partial charge in [-0.25, -0.2) is 4.98 Å². The Balaban J connectivity index is 1.44. The Hall–Kier alpha value is -2.19. The number of methoxy groups -OCH3 is 1. The highest BCUT2D eigenvalue weighted by molar-refractivity contribution is 6.00. The van der Waals surface area contributed by atoms with Crippen molar-refractivity contribution >= 4 is 11.8 Å². The Kier molecular flexibility index (Phi) is 7.77. The SMILES string of the molecule is CCCCN1C(=O)[C@@H](CC2(O)CCCCC2)NC(=O)C12CCN(Cc1ccc(OC)nc1)CC2. The molecule has 3 fully saturated rings. The van der Waals surface area contributed by atoms with Gasteiger partial charge >= 0.3 is 0 Å². The molecule has 1 aromatic heterocycles. The van der Waals surface area contributed by atoms with Crippen LogP contribution in [0.1, 0.15) is 76.7 Å². The van der Waals surface area contributed by atoms with E-state index in [0.717, 1.165) is 57.3 Å². The summed E-state index contributed by atoms with van der Waals surface area (Å²) >= 11 is 0. The third-order valence-corrected chi connectivity index (χ3v) is 8.01. The van der Waals surface area contributed by atoms with Crippen molar-refractivity contribution in [2.24, 2.45) is 0 Å². The minimum Gasteiger partial charge on any atom is -0.481 e. The van der Waals surface area contributed by atoms with Crippen LogP contribution in [0.15, 0.2) is 18.3 Å². The molecule has 2 aliphatic heterocycles. The number of rotatable bonds is 8. The Labute approximate surface area is 203 Å². The van der Waals surface area contributed by atoms with E-state index in [-0.39, 0.29) is 11.8 Å². The molecule has 2 saturated heterocycles. The van der Waals surface area contributed by atoms with Crippen molar-refractivity contribution in [3.05, 3.63) is 23.9 Å². The zero-order valence-corrected chi connectivity index (χ0v) is 20.7. The number of unbranched alkanes of at least 4 members (excludes halogenated alkanes) is 1. The Morgan fingerprint density at radius 3 is 2.50 bits per heavy atom. The van der Waals surface area contributed by atoms with Gasteiger partial charge in [-0.3, -0.25) is 14.5 Å². The van der Waals surface area contributed by atoms with Crippen LogP contribution >= 0.6 is 0 Å². The lowest BCUT2D eigenvalue weighted by Gasteiger charge is -2.52. The van der Waals surface area contributed by atoms with E-state index in [1.54, 1.807) is 7.11 Å². The van der Waals surface area contributed by atoms with Crippen LogP contribution in [-0.2, 0) is 16.1 Å². The average Bonchev–Trinajstić information content (AvgIpc) is 2.84. The van der Waals surface area contributed by atoms with Gasteiger partial charge in [0.05, 0.1) is 12.7 Å². The van der Waals surface area contributed by atoms with E-state index in [4.69, 9.17) is 4.74 Å². The molecule has 0 unspecified atom stereocenters. The van der Waals surface area contributed by atoms with Crippen LogP contribution in [0.4, 0.5) is 0 Å². The van der Waals surface area contributed by atoms with Crippen LogP contribution in [0.25, 0.3) is 0 Å². The van der Waals surface area contributed by atoms with Gasteiger partial charge in [0.25, 0.3) is 0 Å². The van der Waals surface area contributed by atoms with Gasteiger partial charge in [0.15, 0.2) is 0 Å². The molecule has 1 aliphatic carbocycles. The van der Waals surface area contributed by atoms with Gasteiger partial charge in [-0.05, 0) is 37.7 Å². The van der Waals surface area contributed by atoms with Crippen LogP contribution in [0.3, 0.4) is 0 Å². The first-order valence-corrected chi connectivity index (χ1v) is 13.0. The van der Waals surface area contributed by atoms with Gasteiger partial charge in [-0.1, -0.05) is 38.7 Å². The molecule has 3 heterocycles. The topological polar surface area (TPSA) is 95.0 Å². The molecule has 8 heteroatoms. The fraction of sp³-hybridized carbons (Fsp3) is 0.731. The van der Waals surface area contributed by atoms with Crippen LogP contribution in [-0.4, -0.2) is 75.6 Å². The van der Waals surface area contributed by atoms with Crippen LogP contribution in [0.5, 0.6) is 5.88 Å². The molecular formula is C26H40N4O4. The number of amides is 2. The van der Waals surface area contributed by atoms with Gasteiger partial charge in [0.1, 0.15) is 11.6 Å². The molecule has 2 N–H and O–H groups in total. The van der Waals surface area contributed by atoms with E-state index < -0.39 is 17.2 Å². The first kappa shape index (κ1) is 24.9. The lowest BCUT2D eigenvalue weighted by atomic mass is 9.77. The molecule has 8 nitrogen and oxygen atoms in total. The third kappa shape index (κ3) is 5.23. The summed E-state index contributed by atoms with van der Waals surface area (Å²) in [7, 11) is 1.60. The highest BCUT2D eigenvalue weighted by Gasteiger charge is 2.54. The van der Waals surface area contributed by atoms with Gasteiger partial charge < -0.3 is 20.1 Å². The standard InChI is InChI=1S/C26H40N4O4/c1-3-4-14-30-23(31)21(17-25(33)10-6-5-7-11-25)28-24(32)26(30)12-15-29(16-13-26)19-20-8-9-22(34-2)27-18-20/h8-9,18,21,33H,3-7,10-17,19H2,1-2H3,(H,28,32)/t21-/m1/s1. The molecule has 3 aliphatic rings. The van der Waals surface area contributed by atoms with Crippen LogP contribution in [0, 0.1) is 0 Å². The highest BCUT2D eigenvalue weighted by atomic mass is 16.5. The summed E-state index contributed by atoms with van der Waals surface area (Å²) in [5.74, 6) is 0.538. The lowest BCUT2D eigenvalue weighted by Crippen LogP contribution is -2.73. The van der Waals surface area contributed by atoms with Crippen molar-refractivity contribution < 1.29 is 19.4 Å². The number of likely N-dealkylation sites (tertiary alicyclic amines) is 1. The number of aromatic nitrogens is 1. The first-order valence-electron chi connectivity index (χ1n) is 13.0. The van der Waals surface area contributed by atoms with E-state index in [1.165, 1.54) is 0 Å². The molecule has 0 bridgehead atoms. The van der Waals surface area contributed by atoms with Crippen molar-refractivity contribution in [1.29, 1.82) is 0 Å². The number of nitrogens with one attached hydrogen (secondary N) is 1. The largest absolute Gasteiger partial charge is 0.481 e. The fourth-order valence-electron chi connectivity index (χ4n) is 5.91. The number of pyridine rings is 1. The summed E-state index contributed by atoms with van der Waals surface area (Å²) < 4.78 is 5.14. The summed E-state index contributed by atoms with van der Waals surface area (Å²) in [4.78, 5) is 35.7.